The molecule has 1 fully saturated rings. The number of carbonyl (C=O) groups is 1. The highest BCUT2D eigenvalue weighted by Crippen LogP contribution is 2.28. The van der Waals surface area contributed by atoms with Crippen LogP contribution in [0.4, 0.5) is 0 Å². The molecule has 3 aromatic rings. The van der Waals surface area contributed by atoms with Gasteiger partial charge in [-0.15, -0.1) is 0 Å². The van der Waals surface area contributed by atoms with Crippen LogP contribution in [0.1, 0.15) is 17.3 Å². The standard InChI is InChI=1S/C23H26N4O2/c1-3-25-12-14-26(15-13-25)23(28)21-17-27(19-9-5-4-6-10-19)24-22(21)18-8-7-11-20(16-18)29-2/h4-11,16-17H,3,12-15H2,1-2H3/p+1. The lowest BCUT2D eigenvalue weighted by Crippen LogP contribution is -3.14. The van der Waals surface area contributed by atoms with Crippen molar-refractivity contribution in [3.8, 4) is 22.7 Å². The van der Waals surface area contributed by atoms with E-state index in [0.717, 1.165) is 49.7 Å². The molecule has 6 heteroatoms. The number of nitrogens with zero attached hydrogens (tertiary/aromatic N) is 3. The number of likely N-dealkylation sites (N-methyl/N-ethyl adjacent to an activating group) is 1. The van der Waals surface area contributed by atoms with Crippen LogP contribution in [0.2, 0.25) is 0 Å². The van der Waals surface area contributed by atoms with Gasteiger partial charge in [-0.05, 0) is 31.2 Å². The van der Waals surface area contributed by atoms with E-state index < -0.39 is 0 Å². The van der Waals surface area contributed by atoms with Crippen molar-refractivity contribution in [2.24, 2.45) is 0 Å². The zero-order valence-corrected chi connectivity index (χ0v) is 17.0. The molecule has 1 amide bonds. The number of amides is 1. The van der Waals surface area contributed by atoms with E-state index in [0.29, 0.717) is 11.3 Å². The molecule has 1 aliphatic rings. The van der Waals surface area contributed by atoms with Crippen LogP contribution in [-0.4, -0.2) is 60.4 Å². The molecule has 0 atom stereocenters. The van der Waals surface area contributed by atoms with Crippen molar-refractivity contribution >= 4 is 5.91 Å². The number of hydrogen-bond donors (Lipinski definition) is 1. The van der Waals surface area contributed by atoms with E-state index in [9.17, 15) is 4.79 Å². The lowest BCUT2D eigenvalue weighted by molar-refractivity contribution is -0.902. The van der Waals surface area contributed by atoms with Gasteiger partial charge in [-0.25, -0.2) is 4.68 Å². The van der Waals surface area contributed by atoms with E-state index in [2.05, 4.69) is 6.92 Å². The summed E-state index contributed by atoms with van der Waals surface area (Å²) in [6, 6.07) is 17.6. The highest BCUT2D eigenvalue weighted by atomic mass is 16.5. The van der Waals surface area contributed by atoms with Gasteiger partial charge in [0, 0.05) is 11.8 Å². The van der Waals surface area contributed by atoms with E-state index in [1.165, 1.54) is 0 Å². The van der Waals surface area contributed by atoms with Crippen LogP contribution in [-0.2, 0) is 0 Å². The number of benzene rings is 2. The van der Waals surface area contributed by atoms with E-state index in [1.807, 2.05) is 65.7 Å². The molecule has 1 aliphatic heterocycles. The third-order valence-corrected chi connectivity index (χ3v) is 5.57. The minimum atomic E-state index is 0.0418. The molecule has 6 nitrogen and oxygen atoms in total. The summed E-state index contributed by atoms with van der Waals surface area (Å²) in [5.41, 5.74) is 3.11. The Morgan fingerprint density at radius 3 is 2.55 bits per heavy atom. The number of nitrogens with one attached hydrogen (secondary N) is 1. The first-order valence-electron chi connectivity index (χ1n) is 10.1. The average molecular weight is 391 g/mol. The Bertz CT molecular complexity index is 976. The van der Waals surface area contributed by atoms with E-state index in [4.69, 9.17) is 9.84 Å². The fourth-order valence-corrected chi connectivity index (χ4v) is 3.78. The predicted octanol–water partition coefficient (Wildman–Crippen LogP) is 1.91. The Labute approximate surface area is 171 Å². The first-order chi connectivity index (χ1) is 14.2. The monoisotopic (exact) mass is 391 g/mol. The maximum atomic E-state index is 13.4. The first-order valence-corrected chi connectivity index (χ1v) is 10.1. The number of aromatic nitrogens is 2. The van der Waals surface area contributed by atoms with Gasteiger partial charge >= 0.3 is 0 Å². The molecule has 1 saturated heterocycles. The highest BCUT2D eigenvalue weighted by molar-refractivity contribution is 6.00. The van der Waals surface area contributed by atoms with Crippen LogP contribution in [0.15, 0.2) is 60.8 Å². The number of hydrogen-bond acceptors (Lipinski definition) is 3. The molecule has 29 heavy (non-hydrogen) atoms. The number of ether oxygens (including phenoxy) is 1. The Morgan fingerprint density at radius 1 is 1.10 bits per heavy atom. The molecule has 1 aromatic heterocycles. The molecule has 150 valence electrons. The average Bonchev–Trinajstić information content (AvgIpc) is 3.25. The van der Waals surface area contributed by atoms with Gasteiger partial charge in [-0.3, -0.25) is 4.79 Å². The highest BCUT2D eigenvalue weighted by Gasteiger charge is 2.27. The van der Waals surface area contributed by atoms with Crippen molar-refractivity contribution in [2.75, 3.05) is 39.8 Å². The van der Waals surface area contributed by atoms with Crippen molar-refractivity contribution in [3.05, 3.63) is 66.4 Å². The minimum Gasteiger partial charge on any atom is -0.497 e. The van der Waals surface area contributed by atoms with Crippen LogP contribution in [0, 0.1) is 0 Å². The third-order valence-electron chi connectivity index (χ3n) is 5.57. The summed E-state index contributed by atoms with van der Waals surface area (Å²) >= 11 is 0. The third kappa shape index (κ3) is 4.03. The molecule has 0 unspecified atom stereocenters. The maximum Gasteiger partial charge on any atom is 0.258 e. The van der Waals surface area contributed by atoms with Gasteiger partial charge in [0.15, 0.2) is 0 Å². The quantitative estimate of drug-likeness (QED) is 0.723. The zero-order valence-electron chi connectivity index (χ0n) is 17.0. The smallest absolute Gasteiger partial charge is 0.258 e. The number of para-hydroxylation sites is 1. The summed E-state index contributed by atoms with van der Waals surface area (Å²) in [5.74, 6) is 0.787. The second-order valence-corrected chi connectivity index (χ2v) is 7.30. The Morgan fingerprint density at radius 2 is 1.86 bits per heavy atom. The number of quaternary nitrogens is 1. The SMILES string of the molecule is CC[NH+]1CCN(C(=O)c2cn(-c3ccccc3)nc2-c2cccc(OC)c2)CC1. The Balaban J connectivity index is 1.73. The van der Waals surface area contributed by atoms with Crippen molar-refractivity contribution in [2.45, 2.75) is 6.92 Å². The normalized spacial score (nSPS) is 14.8. The molecule has 1 N–H and O–H groups in total. The zero-order chi connectivity index (χ0) is 20.2. The van der Waals surface area contributed by atoms with Crippen molar-refractivity contribution in [3.63, 3.8) is 0 Å². The lowest BCUT2D eigenvalue weighted by atomic mass is 10.1. The second-order valence-electron chi connectivity index (χ2n) is 7.30. The Kier molecular flexibility index (Phi) is 5.62. The van der Waals surface area contributed by atoms with E-state index in [-0.39, 0.29) is 5.91 Å². The molecule has 0 spiro atoms. The molecular formula is C23H27N4O2+. The summed E-state index contributed by atoms with van der Waals surface area (Å²) in [6.07, 6.45) is 1.85. The number of carbonyl (C=O) groups excluding carboxylic acids is 1. The van der Waals surface area contributed by atoms with Crippen LogP contribution in [0.25, 0.3) is 16.9 Å². The topological polar surface area (TPSA) is 51.8 Å². The molecule has 0 bridgehead atoms. The van der Waals surface area contributed by atoms with Gasteiger partial charge in [0.1, 0.15) is 11.4 Å². The molecule has 2 aromatic carbocycles. The lowest BCUT2D eigenvalue weighted by Gasteiger charge is -2.31. The molecule has 0 aliphatic carbocycles. The van der Waals surface area contributed by atoms with Crippen LogP contribution in [0.5, 0.6) is 5.75 Å². The van der Waals surface area contributed by atoms with Gasteiger partial charge in [-0.1, -0.05) is 30.3 Å². The van der Waals surface area contributed by atoms with Gasteiger partial charge in [0.2, 0.25) is 0 Å². The second kappa shape index (κ2) is 8.49. The maximum absolute atomic E-state index is 13.4. The van der Waals surface area contributed by atoms with Gasteiger partial charge in [0.25, 0.3) is 5.91 Å². The van der Waals surface area contributed by atoms with Crippen molar-refractivity contribution in [1.82, 2.24) is 14.7 Å². The van der Waals surface area contributed by atoms with Crippen molar-refractivity contribution in [1.29, 1.82) is 0 Å². The summed E-state index contributed by atoms with van der Waals surface area (Å²) in [7, 11) is 1.64. The minimum absolute atomic E-state index is 0.0418. The number of rotatable bonds is 5. The van der Waals surface area contributed by atoms with Crippen molar-refractivity contribution < 1.29 is 14.4 Å². The molecule has 2 heterocycles. The Hall–Kier alpha value is -3.12. The number of piperazine rings is 1. The molecular weight excluding hydrogens is 364 g/mol. The van der Waals surface area contributed by atoms with Crippen LogP contribution < -0.4 is 9.64 Å². The van der Waals surface area contributed by atoms with Gasteiger partial charge in [-0.2, -0.15) is 5.10 Å². The van der Waals surface area contributed by atoms with Gasteiger partial charge < -0.3 is 14.5 Å². The molecule has 4 rings (SSSR count). The van der Waals surface area contributed by atoms with Crippen LogP contribution >= 0.6 is 0 Å². The summed E-state index contributed by atoms with van der Waals surface area (Å²) < 4.78 is 7.16. The molecule has 0 radical (unpaired) electrons. The van der Waals surface area contributed by atoms with Crippen LogP contribution in [0.3, 0.4) is 0 Å². The van der Waals surface area contributed by atoms with E-state index >= 15 is 0 Å². The fourth-order valence-electron chi connectivity index (χ4n) is 3.78. The predicted molar refractivity (Wildman–Crippen MR) is 113 cm³/mol. The van der Waals surface area contributed by atoms with E-state index in [1.54, 1.807) is 16.7 Å². The summed E-state index contributed by atoms with van der Waals surface area (Å²) in [5, 5.41) is 4.78. The fraction of sp³-hybridized carbons (Fsp3) is 0.304. The first kappa shape index (κ1) is 19.2. The number of methoxy groups -OCH3 is 1. The van der Waals surface area contributed by atoms with Gasteiger partial charge in [0.05, 0.1) is 51.1 Å². The summed E-state index contributed by atoms with van der Waals surface area (Å²) in [4.78, 5) is 16.9. The summed E-state index contributed by atoms with van der Waals surface area (Å²) in [6.45, 7) is 6.82. The molecule has 0 saturated carbocycles. The largest absolute Gasteiger partial charge is 0.497 e.